The van der Waals surface area contributed by atoms with Gasteiger partial charge in [-0.1, -0.05) is 23.8 Å². The minimum atomic E-state index is -0.317. The molecule has 0 bridgehead atoms. The normalized spacial score (nSPS) is 12.0. The number of benzene rings is 1. The van der Waals surface area contributed by atoms with E-state index >= 15 is 0 Å². The fourth-order valence-corrected chi connectivity index (χ4v) is 4.08. The summed E-state index contributed by atoms with van der Waals surface area (Å²) in [7, 11) is 1.92. The summed E-state index contributed by atoms with van der Waals surface area (Å²) in [6.07, 6.45) is 0.647. The summed E-state index contributed by atoms with van der Waals surface area (Å²) in [5.74, 6) is 1.70. The van der Waals surface area contributed by atoms with Gasteiger partial charge < -0.3 is 19.3 Å². The third-order valence-corrected chi connectivity index (χ3v) is 6.28. The number of hydrogen-bond acceptors (Lipinski definition) is 7. The summed E-state index contributed by atoms with van der Waals surface area (Å²) in [5.41, 5.74) is 2.18. The Morgan fingerprint density at radius 3 is 2.47 bits per heavy atom. The zero-order valence-electron chi connectivity index (χ0n) is 18.0. The van der Waals surface area contributed by atoms with Crippen molar-refractivity contribution in [3.63, 3.8) is 0 Å². The summed E-state index contributed by atoms with van der Waals surface area (Å²) in [6.45, 7) is 9.98. The van der Waals surface area contributed by atoms with Gasteiger partial charge in [-0.25, -0.2) is 0 Å². The van der Waals surface area contributed by atoms with Crippen molar-refractivity contribution in [1.82, 2.24) is 19.9 Å². The molecule has 3 rings (SSSR count). The lowest BCUT2D eigenvalue weighted by atomic mass is 10.2. The van der Waals surface area contributed by atoms with Crippen LogP contribution in [0.25, 0.3) is 11.4 Å². The van der Waals surface area contributed by atoms with Gasteiger partial charge in [0.1, 0.15) is 5.76 Å². The molecule has 0 aliphatic rings. The number of amides is 1. The van der Waals surface area contributed by atoms with Crippen molar-refractivity contribution >= 4 is 29.2 Å². The van der Waals surface area contributed by atoms with Crippen molar-refractivity contribution in [2.24, 2.45) is 7.05 Å². The van der Waals surface area contributed by atoms with Crippen LogP contribution in [0.15, 0.2) is 40.0 Å². The molecule has 0 fully saturated rings. The number of anilines is 2. The van der Waals surface area contributed by atoms with Crippen LogP contribution in [-0.2, 0) is 11.8 Å². The minimum absolute atomic E-state index is 0.135. The van der Waals surface area contributed by atoms with Crippen LogP contribution in [0.2, 0.25) is 0 Å². The van der Waals surface area contributed by atoms with Crippen LogP contribution in [0, 0.1) is 6.92 Å². The smallest absolute Gasteiger partial charge is 0.239 e. The van der Waals surface area contributed by atoms with Crippen LogP contribution in [0.1, 0.15) is 33.0 Å². The number of rotatable bonds is 9. The van der Waals surface area contributed by atoms with Gasteiger partial charge in [0.25, 0.3) is 0 Å². The average Bonchev–Trinajstić information content (AvgIpc) is 3.32. The van der Waals surface area contributed by atoms with E-state index in [9.17, 15) is 4.79 Å². The van der Waals surface area contributed by atoms with E-state index in [0.717, 1.165) is 24.5 Å². The number of carbonyl (C=O) groups excluding carboxylic acids is 1. The maximum absolute atomic E-state index is 12.6. The van der Waals surface area contributed by atoms with Gasteiger partial charge in [0.05, 0.1) is 5.25 Å². The number of aryl methyl sites for hydroxylation is 1. The predicted molar refractivity (Wildman–Crippen MR) is 120 cm³/mol. The Bertz CT molecular complexity index is 978. The van der Waals surface area contributed by atoms with Gasteiger partial charge in [0.2, 0.25) is 5.91 Å². The molecule has 1 unspecified atom stereocenters. The third-order valence-electron chi connectivity index (χ3n) is 4.88. The van der Waals surface area contributed by atoms with Crippen LogP contribution < -0.4 is 10.2 Å². The quantitative estimate of drug-likeness (QED) is 0.513. The van der Waals surface area contributed by atoms with Crippen LogP contribution in [-0.4, -0.2) is 44.2 Å². The first-order valence-corrected chi connectivity index (χ1v) is 11.0. The molecule has 0 saturated heterocycles. The highest BCUT2D eigenvalue weighted by atomic mass is 32.2. The fraction of sp³-hybridized carbons (Fsp3) is 0.429. The first-order valence-electron chi connectivity index (χ1n) is 10.1. The number of nitrogens with one attached hydrogen (secondary N) is 1. The second-order valence-electron chi connectivity index (χ2n) is 6.91. The molecule has 30 heavy (non-hydrogen) atoms. The van der Waals surface area contributed by atoms with Crippen molar-refractivity contribution in [1.29, 1.82) is 0 Å². The molecule has 9 heteroatoms. The molecular formula is C21H28N6O2S. The van der Waals surface area contributed by atoms with E-state index in [1.807, 2.05) is 18.5 Å². The molecular weight excluding hydrogens is 400 g/mol. The first-order chi connectivity index (χ1) is 14.5. The van der Waals surface area contributed by atoms with E-state index < -0.39 is 0 Å². The van der Waals surface area contributed by atoms with E-state index in [-0.39, 0.29) is 11.2 Å². The largest absolute Gasteiger partial charge is 0.372 e. The molecule has 1 atom stereocenters. The Labute approximate surface area is 181 Å². The SMILES string of the molecule is CCC(Sc1nnc(-c2ccc(N(CC)CC)cc2)n1C)C(=O)Nc1cc(C)on1. The van der Waals surface area contributed by atoms with Crippen molar-refractivity contribution in [2.75, 3.05) is 23.3 Å². The Kier molecular flexibility index (Phi) is 7.15. The number of nitrogens with zero attached hydrogens (tertiary/aromatic N) is 5. The maximum atomic E-state index is 12.6. The maximum Gasteiger partial charge on any atom is 0.239 e. The van der Waals surface area contributed by atoms with Gasteiger partial charge in [0.15, 0.2) is 16.8 Å². The summed E-state index contributed by atoms with van der Waals surface area (Å²) in [5, 5.41) is 15.7. The molecule has 1 aromatic carbocycles. The van der Waals surface area contributed by atoms with Crippen molar-refractivity contribution in [3.8, 4) is 11.4 Å². The monoisotopic (exact) mass is 428 g/mol. The highest BCUT2D eigenvalue weighted by molar-refractivity contribution is 8.00. The van der Waals surface area contributed by atoms with Crippen molar-refractivity contribution < 1.29 is 9.32 Å². The van der Waals surface area contributed by atoms with Gasteiger partial charge in [-0.3, -0.25) is 4.79 Å². The Morgan fingerprint density at radius 2 is 1.90 bits per heavy atom. The molecule has 160 valence electrons. The molecule has 0 aliphatic carbocycles. The zero-order chi connectivity index (χ0) is 21.7. The van der Waals surface area contributed by atoms with Gasteiger partial charge in [-0.05, 0) is 51.5 Å². The number of thioether (sulfide) groups is 1. The number of hydrogen-bond donors (Lipinski definition) is 1. The second kappa shape index (κ2) is 9.80. The highest BCUT2D eigenvalue weighted by Gasteiger charge is 2.23. The van der Waals surface area contributed by atoms with E-state index in [1.165, 1.54) is 17.4 Å². The van der Waals surface area contributed by atoms with Crippen molar-refractivity contribution in [2.45, 2.75) is 44.5 Å². The standard InChI is InChI=1S/C21H28N6O2S/c1-6-17(20(28)22-18-13-14(4)29-25-18)30-21-24-23-19(26(21)5)15-9-11-16(12-10-15)27(7-2)8-3/h9-13,17H,6-8H2,1-5H3,(H,22,25,28). The summed E-state index contributed by atoms with van der Waals surface area (Å²) < 4.78 is 6.93. The molecule has 1 amide bonds. The zero-order valence-corrected chi connectivity index (χ0v) is 18.9. The van der Waals surface area contributed by atoms with E-state index in [1.54, 1.807) is 13.0 Å². The Hall–Kier alpha value is -2.81. The Morgan fingerprint density at radius 1 is 1.20 bits per heavy atom. The topological polar surface area (TPSA) is 89.1 Å². The second-order valence-corrected chi connectivity index (χ2v) is 8.08. The highest BCUT2D eigenvalue weighted by Crippen LogP contribution is 2.29. The van der Waals surface area contributed by atoms with Crippen LogP contribution in [0.3, 0.4) is 0 Å². The van der Waals surface area contributed by atoms with Crippen LogP contribution in [0.5, 0.6) is 0 Å². The molecule has 2 heterocycles. The fourth-order valence-electron chi connectivity index (χ4n) is 3.16. The molecule has 0 radical (unpaired) electrons. The van der Waals surface area contributed by atoms with Gasteiger partial charge in [-0.15, -0.1) is 10.2 Å². The lowest BCUT2D eigenvalue weighted by Crippen LogP contribution is -2.25. The number of carbonyl (C=O) groups is 1. The molecule has 1 N–H and O–H groups in total. The summed E-state index contributed by atoms with van der Waals surface area (Å²) >= 11 is 1.39. The van der Waals surface area contributed by atoms with Crippen LogP contribution in [0.4, 0.5) is 11.5 Å². The third kappa shape index (κ3) is 4.84. The molecule has 8 nitrogen and oxygen atoms in total. The first kappa shape index (κ1) is 21.9. The van der Waals surface area contributed by atoms with Gasteiger partial charge in [-0.2, -0.15) is 0 Å². The van der Waals surface area contributed by atoms with E-state index in [2.05, 4.69) is 63.7 Å². The Balaban J connectivity index is 1.73. The van der Waals surface area contributed by atoms with E-state index in [0.29, 0.717) is 23.2 Å². The predicted octanol–water partition coefficient (Wildman–Crippen LogP) is 4.13. The summed E-state index contributed by atoms with van der Waals surface area (Å²) in [4.78, 5) is 14.9. The number of aromatic nitrogens is 4. The van der Waals surface area contributed by atoms with Crippen LogP contribution >= 0.6 is 11.8 Å². The molecule has 2 aromatic heterocycles. The van der Waals surface area contributed by atoms with Gasteiger partial charge in [0, 0.05) is 37.5 Å². The van der Waals surface area contributed by atoms with E-state index in [4.69, 9.17) is 4.52 Å². The molecule has 0 saturated carbocycles. The lowest BCUT2D eigenvalue weighted by Gasteiger charge is -2.21. The summed E-state index contributed by atoms with van der Waals surface area (Å²) in [6, 6.07) is 10.0. The average molecular weight is 429 g/mol. The lowest BCUT2D eigenvalue weighted by molar-refractivity contribution is -0.115. The molecule has 0 aliphatic heterocycles. The van der Waals surface area contributed by atoms with Crippen molar-refractivity contribution in [3.05, 3.63) is 36.1 Å². The molecule has 3 aromatic rings. The minimum Gasteiger partial charge on any atom is -0.372 e. The van der Waals surface area contributed by atoms with Gasteiger partial charge >= 0.3 is 0 Å². The molecule has 0 spiro atoms.